The summed E-state index contributed by atoms with van der Waals surface area (Å²) in [6.45, 7) is 2.77. The highest BCUT2D eigenvalue weighted by Gasteiger charge is 2.33. The molecule has 0 radical (unpaired) electrons. The number of fused-ring (bicyclic) bond motifs is 2. The number of nitrogen functional groups attached to an aromatic ring is 1. The number of hydrogen-bond acceptors (Lipinski definition) is 7. The third-order valence-electron chi connectivity index (χ3n) is 7.88. The standard InChI is InChI=1S/C28H28N8O/c1-17-32-33-34-36(17)14-18-11-22(12-18)35-15-23(26-27(29)30-16-31-28(26)35)21-8-7-20-9-10-24(37-25(20)13-21)19-5-3-2-4-6-19/h2-8,13,15-16,18,22,24H,9-12,14H2,1H3,(H2,29,30,31)/t18-,22+,24?. The third kappa shape index (κ3) is 3.82. The minimum atomic E-state index is 0.0643. The van der Waals surface area contributed by atoms with E-state index in [9.17, 15) is 0 Å². The molecule has 1 fully saturated rings. The molecule has 9 nitrogen and oxygen atoms in total. The fourth-order valence-electron chi connectivity index (χ4n) is 5.78. The first-order chi connectivity index (χ1) is 18.1. The molecule has 37 heavy (non-hydrogen) atoms. The van der Waals surface area contributed by atoms with Crippen molar-refractivity contribution in [2.45, 2.75) is 51.3 Å². The van der Waals surface area contributed by atoms with Gasteiger partial charge in [-0.15, -0.1) is 5.10 Å². The first-order valence-electron chi connectivity index (χ1n) is 12.8. The Balaban J connectivity index is 1.20. The summed E-state index contributed by atoms with van der Waals surface area (Å²) >= 11 is 0. The van der Waals surface area contributed by atoms with Gasteiger partial charge in [0.25, 0.3) is 0 Å². The molecule has 1 unspecified atom stereocenters. The number of aromatic nitrogens is 7. The summed E-state index contributed by atoms with van der Waals surface area (Å²) in [4.78, 5) is 8.97. The van der Waals surface area contributed by atoms with Crippen molar-refractivity contribution in [3.05, 3.63) is 78.0 Å². The van der Waals surface area contributed by atoms with Crippen molar-refractivity contribution in [3.63, 3.8) is 0 Å². The van der Waals surface area contributed by atoms with Crippen molar-refractivity contribution < 1.29 is 4.74 Å². The molecule has 4 heterocycles. The van der Waals surface area contributed by atoms with E-state index in [2.05, 4.69) is 78.7 Å². The van der Waals surface area contributed by atoms with Crippen molar-refractivity contribution in [1.82, 2.24) is 34.7 Å². The molecule has 1 saturated carbocycles. The lowest BCUT2D eigenvalue weighted by molar-refractivity contribution is 0.172. The molecule has 1 atom stereocenters. The second-order valence-corrected chi connectivity index (χ2v) is 10.2. The molecule has 2 aliphatic rings. The molecule has 0 bridgehead atoms. The minimum Gasteiger partial charge on any atom is -0.485 e. The lowest BCUT2D eigenvalue weighted by atomic mass is 9.80. The molecular formula is C28H28N8O. The molecular weight excluding hydrogens is 464 g/mol. The number of nitrogens with two attached hydrogens (primary N) is 1. The molecule has 3 aromatic heterocycles. The number of hydrogen-bond donors (Lipinski definition) is 1. The minimum absolute atomic E-state index is 0.0643. The topological polar surface area (TPSA) is 110 Å². The normalized spacial score (nSPS) is 20.8. The van der Waals surface area contributed by atoms with Crippen LogP contribution in [0.1, 0.15) is 48.4 Å². The van der Waals surface area contributed by atoms with E-state index in [1.165, 1.54) is 11.1 Å². The molecule has 0 amide bonds. The largest absolute Gasteiger partial charge is 0.485 e. The molecule has 2 aromatic carbocycles. The van der Waals surface area contributed by atoms with Crippen LogP contribution in [0.5, 0.6) is 5.75 Å². The smallest absolute Gasteiger partial charge is 0.148 e. The Kier molecular flexibility index (Phi) is 5.16. The molecule has 9 heteroatoms. The summed E-state index contributed by atoms with van der Waals surface area (Å²) in [7, 11) is 0. The monoisotopic (exact) mass is 492 g/mol. The van der Waals surface area contributed by atoms with Crippen LogP contribution in [0.15, 0.2) is 61.1 Å². The van der Waals surface area contributed by atoms with Crippen molar-refractivity contribution >= 4 is 16.9 Å². The van der Waals surface area contributed by atoms with Crippen LogP contribution in [0.2, 0.25) is 0 Å². The molecule has 5 aromatic rings. The zero-order chi connectivity index (χ0) is 24.9. The zero-order valence-electron chi connectivity index (χ0n) is 20.7. The Morgan fingerprint density at radius 3 is 2.76 bits per heavy atom. The molecule has 0 saturated heterocycles. The number of ether oxygens (including phenoxy) is 1. The Morgan fingerprint density at radius 1 is 1.08 bits per heavy atom. The van der Waals surface area contributed by atoms with Crippen LogP contribution < -0.4 is 10.5 Å². The first-order valence-corrected chi connectivity index (χ1v) is 12.8. The van der Waals surface area contributed by atoms with Crippen molar-refractivity contribution in [2.75, 3.05) is 5.73 Å². The first kappa shape index (κ1) is 22.0. The molecule has 2 N–H and O–H groups in total. The number of nitrogens with zero attached hydrogens (tertiary/aromatic N) is 7. The van der Waals surface area contributed by atoms with Crippen LogP contribution in [0.3, 0.4) is 0 Å². The lowest BCUT2D eigenvalue weighted by Gasteiger charge is -2.36. The summed E-state index contributed by atoms with van der Waals surface area (Å²) in [6, 6.07) is 17.3. The summed E-state index contributed by atoms with van der Waals surface area (Å²) in [6.07, 6.45) is 7.86. The Bertz CT molecular complexity index is 1580. The van der Waals surface area contributed by atoms with Gasteiger partial charge >= 0.3 is 0 Å². The highest BCUT2D eigenvalue weighted by atomic mass is 16.5. The predicted molar refractivity (Wildman–Crippen MR) is 140 cm³/mol. The van der Waals surface area contributed by atoms with E-state index in [1.54, 1.807) is 6.33 Å². The number of aryl methyl sites for hydroxylation is 2. The molecule has 1 aliphatic carbocycles. The Morgan fingerprint density at radius 2 is 1.95 bits per heavy atom. The van der Waals surface area contributed by atoms with E-state index in [0.29, 0.717) is 17.8 Å². The van der Waals surface area contributed by atoms with E-state index >= 15 is 0 Å². The van der Waals surface area contributed by atoms with Gasteiger partial charge in [-0.1, -0.05) is 42.5 Å². The lowest BCUT2D eigenvalue weighted by Crippen LogP contribution is -2.30. The molecule has 7 rings (SSSR count). The summed E-state index contributed by atoms with van der Waals surface area (Å²) in [5.41, 5.74) is 11.9. The maximum atomic E-state index is 6.49. The summed E-state index contributed by atoms with van der Waals surface area (Å²) in [5, 5.41) is 12.8. The SMILES string of the molecule is Cc1nnnn1C[C@H]1C[C@@H](n2cc(-c3ccc4c(c3)OC(c3ccccc3)CC4)c3c(N)ncnc32)C1. The third-order valence-corrected chi connectivity index (χ3v) is 7.88. The van der Waals surface area contributed by atoms with E-state index in [4.69, 9.17) is 10.5 Å². The maximum absolute atomic E-state index is 6.49. The van der Waals surface area contributed by atoms with Crippen LogP contribution in [0.4, 0.5) is 5.82 Å². The zero-order valence-corrected chi connectivity index (χ0v) is 20.7. The molecule has 1 aliphatic heterocycles. The van der Waals surface area contributed by atoms with Crippen molar-refractivity contribution in [1.29, 1.82) is 0 Å². The van der Waals surface area contributed by atoms with Gasteiger partial charge in [0.15, 0.2) is 0 Å². The maximum Gasteiger partial charge on any atom is 0.148 e. The Labute approximate surface area is 214 Å². The Hall–Kier alpha value is -4.27. The van der Waals surface area contributed by atoms with Gasteiger partial charge in [-0.2, -0.15) is 0 Å². The second-order valence-electron chi connectivity index (χ2n) is 10.2. The summed E-state index contributed by atoms with van der Waals surface area (Å²) < 4.78 is 10.7. The number of rotatable bonds is 5. The highest BCUT2D eigenvalue weighted by molar-refractivity contribution is 6.00. The van der Waals surface area contributed by atoms with Gasteiger partial charge < -0.3 is 15.0 Å². The predicted octanol–water partition coefficient (Wildman–Crippen LogP) is 4.69. The van der Waals surface area contributed by atoms with Crippen LogP contribution in [-0.4, -0.2) is 34.7 Å². The van der Waals surface area contributed by atoms with Crippen LogP contribution >= 0.6 is 0 Å². The number of benzene rings is 2. The van der Waals surface area contributed by atoms with Crippen LogP contribution in [-0.2, 0) is 13.0 Å². The fraction of sp³-hybridized carbons (Fsp3) is 0.321. The van der Waals surface area contributed by atoms with Gasteiger partial charge in [-0.3, -0.25) is 0 Å². The van der Waals surface area contributed by atoms with Crippen LogP contribution in [0.25, 0.3) is 22.2 Å². The fourth-order valence-corrected chi connectivity index (χ4v) is 5.78. The van der Waals surface area contributed by atoms with E-state index in [-0.39, 0.29) is 6.10 Å². The average Bonchev–Trinajstić information content (AvgIpc) is 3.49. The molecule has 0 spiro atoms. The van der Waals surface area contributed by atoms with Crippen molar-refractivity contribution in [3.8, 4) is 16.9 Å². The quantitative estimate of drug-likeness (QED) is 0.379. The van der Waals surface area contributed by atoms with Gasteiger partial charge in [-0.25, -0.2) is 14.6 Å². The highest BCUT2D eigenvalue weighted by Crippen LogP contribution is 2.44. The van der Waals surface area contributed by atoms with Crippen molar-refractivity contribution in [2.24, 2.45) is 5.92 Å². The second kappa shape index (κ2) is 8.69. The van der Waals surface area contributed by atoms with Gasteiger partial charge in [0.1, 0.15) is 35.5 Å². The van der Waals surface area contributed by atoms with Gasteiger partial charge in [0, 0.05) is 24.3 Å². The molecule has 186 valence electrons. The van der Waals surface area contributed by atoms with E-state index in [0.717, 1.165) is 66.0 Å². The van der Waals surface area contributed by atoms with Gasteiger partial charge in [-0.05, 0) is 71.7 Å². The number of tetrazole rings is 1. The van der Waals surface area contributed by atoms with Crippen LogP contribution in [0, 0.1) is 12.8 Å². The van der Waals surface area contributed by atoms with Gasteiger partial charge in [0.05, 0.1) is 5.39 Å². The summed E-state index contributed by atoms with van der Waals surface area (Å²) in [5.74, 6) is 2.82. The van der Waals surface area contributed by atoms with E-state index in [1.807, 2.05) is 17.7 Å². The van der Waals surface area contributed by atoms with E-state index < -0.39 is 0 Å². The average molecular weight is 493 g/mol. The van der Waals surface area contributed by atoms with Gasteiger partial charge in [0.2, 0.25) is 0 Å². The number of anilines is 1.